The smallest absolute Gasteiger partial charge is 0.328 e. The summed E-state index contributed by atoms with van der Waals surface area (Å²) in [5.74, 6) is 0.163. The van der Waals surface area contributed by atoms with Crippen LogP contribution in [-0.2, 0) is 13.6 Å². The zero-order chi connectivity index (χ0) is 26.4. The van der Waals surface area contributed by atoms with E-state index in [1.54, 1.807) is 54.0 Å². The van der Waals surface area contributed by atoms with E-state index < -0.39 is 23.8 Å². The van der Waals surface area contributed by atoms with E-state index in [2.05, 4.69) is 16.4 Å². The molecular formula is C25H30ClFN6O3. The van der Waals surface area contributed by atoms with E-state index in [9.17, 15) is 24.7 Å². The quantitative estimate of drug-likeness (QED) is 0.459. The Morgan fingerprint density at radius 3 is 2.67 bits per heavy atom. The Labute approximate surface area is 213 Å². The van der Waals surface area contributed by atoms with Crippen LogP contribution in [0.25, 0.3) is 11.0 Å². The average Bonchev–Trinajstić information content (AvgIpc) is 3.05. The molecule has 3 aromatic rings. The SMILES string of the molecule is C[C@@H]1CN(c2nc(Nc3ccc4c(c3)n(CCC(C)(C)O)c(=O)n4C)c(Cl)cc2C#N)C[C@H](O)[C@@H]1F. The average molecular weight is 517 g/mol. The van der Waals surface area contributed by atoms with E-state index in [0.717, 1.165) is 5.52 Å². The van der Waals surface area contributed by atoms with Crippen molar-refractivity contribution in [1.82, 2.24) is 14.1 Å². The molecule has 0 radical (unpaired) electrons. The van der Waals surface area contributed by atoms with Crippen molar-refractivity contribution in [1.29, 1.82) is 5.26 Å². The van der Waals surface area contributed by atoms with Gasteiger partial charge in [0, 0.05) is 38.3 Å². The molecule has 0 saturated carbocycles. The molecule has 36 heavy (non-hydrogen) atoms. The van der Waals surface area contributed by atoms with Crippen LogP contribution in [0.3, 0.4) is 0 Å². The zero-order valence-corrected chi connectivity index (χ0v) is 21.4. The van der Waals surface area contributed by atoms with Gasteiger partial charge in [0.15, 0.2) is 5.82 Å². The third-order valence-corrected chi connectivity index (χ3v) is 6.85. The number of aryl methyl sites for hydroxylation is 2. The number of aromatic nitrogens is 3. The van der Waals surface area contributed by atoms with Gasteiger partial charge in [-0.2, -0.15) is 5.26 Å². The Balaban J connectivity index is 1.70. The molecule has 1 saturated heterocycles. The molecule has 11 heteroatoms. The second-order valence-electron chi connectivity index (χ2n) is 10.1. The van der Waals surface area contributed by atoms with Gasteiger partial charge < -0.3 is 20.4 Å². The van der Waals surface area contributed by atoms with Crippen LogP contribution in [0.15, 0.2) is 29.1 Å². The standard InChI is InChI=1S/C25H30ClFN6O3/c1-14-12-32(13-20(34)21(14)27)23-15(11-28)9-17(26)22(30-23)29-16-5-6-18-19(10-16)33(24(35)31(18)4)8-7-25(2,3)36/h5-6,9-10,14,20-21,34,36H,7-8,12-13H2,1-4H3,(H,29,30)/t14-,20+,21-/m1/s1. The summed E-state index contributed by atoms with van der Waals surface area (Å²) in [6, 6.07) is 8.97. The van der Waals surface area contributed by atoms with Crippen molar-refractivity contribution in [2.24, 2.45) is 13.0 Å². The highest BCUT2D eigenvalue weighted by atomic mass is 35.5. The second kappa shape index (κ2) is 9.73. The number of benzene rings is 1. The molecule has 1 aliphatic heterocycles. The Hall–Kier alpha value is -3.13. The van der Waals surface area contributed by atoms with Gasteiger partial charge in [0.25, 0.3) is 0 Å². The van der Waals surface area contributed by atoms with Crippen LogP contribution in [0.1, 0.15) is 32.8 Å². The molecule has 1 fully saturated rings. The molecule has 0 spiro atoms. The summed E-state index contributed by atoms with van der Waals surface area (Å²) < 4.78 is 17.3. The van der Waals surface area contributed by atoms with E-state index in [0.29, 0.717) is 36.5 Å². The summed E-state index contributed by atoms with van der Waals surface area (Å²) >= 11 is 6.44. The largest absolute Gasteiger partial charge is 0.390 e. The summed E-state index contributed by atoms with van der Waals surface area (Å²) in [5.41, 5.74) is 1.15. The zero-order valence-electron chi connectivity index (χ0n) is 20.7. The van der Waals surface area contributed by atoms with E-state index in [4.69, 9.17) is 11.6 Å². The van der Waals surface area contributed by atoms with Gasteiger partial charge in [0.05, 0.1) is 27.2 Å². The number of imidazole rings is 1. The van der Waals surface area contributed by atoms with Gasteiger partial charge in [-0.15, -0.1) is 0 Å². The van der Waals surface area contributed by atoms with Gasteiger partial charge >= 0.3 is 5.69 Å². The van der Waals surface area contributed by atoms with Crippen LogP contribution in [0, 0.1) is 17.2 Å². The van der Waals surface area contributed by atoms with Crippen molar-refractivity contribution in [3.63, 3.8) is 0 Å². The van der Waals surface area contributed by atoms with Crippen molar-refractivity contribution in [2.45, 2.75) is 51.6 Å². The lowest BCUT2D eigenvalue weighted by molar-refractivity contribution is 0.0348. The van der Waals surface area contributed by atoms with Crippen LogP contribution in [-0.4, -0.2) is 55.3 Å². The van der Waals surface area contributed by atoms with Crippen LogP contribution in [0.4, 0.5) is 21.7 Å². The van der Waals surface area contributed by atoms with Crippen molar-refractivity contribution in [3.05, 3.63) is 45.3 Å². The number of halogens is 2. The van der Waals surface area contributed by atoms with Gasteiger partial charge in [-0.05, 0) is 44.5 Å². The first-order valence-electron chi connectivity index (χ1n) is 11.8. The molecule has 3 N–H and O–H groups in total. The third-order valence-electron chi connectivity index (χ3n) is 6.56. The highest BCUT2D eigenvalue weighted by molar-refractivity contribution is 6.33. The second-order valence-corrected chi connectivity index (χ2v) is 10.5. The fourth-order valence-corrected chi connectivity index (χ4v) is 4.72. The first-order chi connectivity index (χ1) is 16.9. The Morgan fingerprint density at radius 1 is 1.31 bits per heavy atom. The minimum absolute atomic E-state index is 0.0116. The number of nitriles is 1. The molecule has 3 heterocycles. The first kappa shape index (κ1) is 25.9. The molecule has 9 nitrogen and oxygen atoms in total. The number of β-amino-alcohol motifs (C(OH)–C–C–N with tert-alkyl or cyclic N) is 1. The third kappa shape index (κ3) is 5.05. The molecule has 4 rings (SSSR count). The van der Waals surface area contributed by atoms with E-state index >= 15 is 0 Å². The number of aliphatic hydroxyl groups excluding tert-OH is 1. The van der Waals surface area contributed by atoms with Gasteiger partial charge in [0.1, 0.15) is 24.2 Å². The van der Waals surface area contributed by atoms with Crippen molar-refractivity contribution >= 4 is 40.0 Å². The molecule has 0 unspecified atom stereocenters. The Kier molecular flexibility index (Phi) is 7.01. The molecular weight excluding hydrogens is 487 g/mol. The van der Waals surface area contributed by atoms with Crippen molar-refractivity contribution in [2.75, 3.05) is 23.3 Å². The molecule has 3 atom stereocenters. The topological polar surface area (TPSA) is 119 Å². The highest BCUT2D eigenvalue weighted by Crippen LogP contribution is 2.33. The highest BCUT2D eigenvalue weighted by Gasteiger charge is 2.35. The molecule has 2 aromatic heterocycles. The fourth-order valence-electron chi connectivity index (χ4n) is 4.52. The summed E-state index contributed by atoms with van der Waals surface area (Å²) in [5, 5.41) is 33.3. The van der Waals surface area contributed by atoms with E-state index in [1.165, 1.54) is 6.07 Å². The lowest BCUT2D eigenvalue weighted by Crippen LogP contribution is -2.50. The maximum absolute atomic E-state index is 14.1. The molecule has 0 amide bonds. The number of rotatable bonds is 6. The number of alkyl halides is 1. The van der Waals surface area contributed by atoms with Crippen LogP contribution >= 0.6 is 11.6 Å². The molecule has 1 aromatic carbocycles. The number of nitrogens with zero attached hydrogens (tertiary/aromatic N) is 5. The normalized spacial score (nSPS) is 20.5. The number of anilines is 3. The van der Waals surface area contributed by atoms with Crippen molar-refractivity contribution in [3.8, 4) is 6.07 Å². The lowest BCUT2D eigenvalue weighted by atomic mass is 9.95. The number of hydrogen-bond acceptors (Lipinski definition) is 7. The summed E-state index contributed by atoms with van der Waals surface area (Å²) in [6.45, 7) is 5.74. The predicted molar refractivity (Wildman–Crippen MR) is 138 cm³/mol. The Morgan fingerprint density at radius 2 is 2.03 bits per heavy atom. The fraction of sp³-hybridized carbons (Fsp3) is 0.480. The summed E-state index contributed by atoms with van der Waals surface area (Å²) in [6.07, 6.45) is -2.13. The minimum Gasteiger partial charge on any atom is -0.390 e. The van der Waals surface area contributed by atoms with Crippen LogP contribution in [0.2, 0.25) is 5.02 Å². The monoisotopic (exact) mass is 516 g/mol. The van der Waals surface area contributed by atoms with Crippen molar-refractivity contribution < 1.29 is 14.6 Å². The number of fused-ring (bicyclic) bond motifs is 1. The number of hydrogen-bond donors (Lipinski definition) is 3. The molecule has 192 valence electrons. The molecule has 1 aliphatic rings. The number of nitrogens with one attached hydrogen (secondary N) is 1. The van der Waals surface area contributed by atoms with Gasteiger partial charge in [-0.1, -0.05) is 18.5 Å². The van der Waals surface area contributed by atoms with E-state index in [-0.39, 0.29) is 28.6 Å². The van der Waals surface area contributed by atoms with Crippen LogP contribution in [0.5, 0.6) is 0 Å². The van der Waals surface area contributed by atoms with Gasteiger partial charge in [0.2, 0.25) is 0 Å². The summed E-state index contributed by atoms with van der Waals surface area (Å²) in [4.78, 5) is 19.1. The first-order valence-corrected chi connectivity index (χ1v) is 12.1. The molecule has 0 bridgehead atoms. The minimum atomic E-state index is -1.34. The lowest BCUT2D eigenvalue weighted by Gasteiger charge is -2.37. The maximum Gasteiger partial charge on any atom is 0.328 e. The van der Waals surface area contributed by atoms with E-state index in [1.807, 2.05) is 6.07 Å². The predicted octanol–water partition coefficient (Wildman–Crippen LogP) is 3.32. The Bertz CT molecular complexity index is 1380. The summed E-state index contributed by atoms with van der Waals surface area (Å²) in [7, 11) is 1.69. The number of aliphatic hydroxyl groups is 2. The molecule has 0 aliphatic carbocycles. The number of piperidine rings is 1. The van der Waals surface area contributed by atoms with Crippen LogP contribution < -0.4 is 15.9 Å². The maximum atomic E-state index is 14.1. The van der Waals surface area contributed by atoms with Gasteiger partial charge in [-0.25, -0.2) is 14.2 Å². The van der Waals surface area contributed by atoms with Gasteiger partial charge in [-0.3, -0.25) is 9.13 Å². The number of pyridine rings is 1.